The number of allylic oxidation sites excluding steroid dienone is 1. The van der Waals surface area contributed by atoms with Crippen LogP contribution in [0.2, 0.25) is 0 Å². The highest BCUT2D eigenvalue weighted by molar-refractivity contribution is 5.41. The van der Waals surface area contributed by atoms with Gasteiger partial charge in [-0.2, -0.15) is 0 Å². The normalized spacial score (nSPS) is 24.7. The van der Waals surface area contributed by atoms with Crippen LogP contribution in [-0.2, 0) is 10.2 Å². The van der Waals surface area contributed by atoms with E-state index in [0.29, 0.717) is 17.8 Å². The van der Waals surface area contributed by atoms with Crippen LogP contribution in [0.3, 0.4) is 0 Å². The first-order chi connectivity index (χ1) is 16.8. The van der Waals surface area contributed by atoms with E-state index in [1.807, 2.05) is 12.1 Å². The van der Waals surface area contributed by atoms with E-state index in [0.717, 1.165) is 35.6 Å². The number of fused-ring (bicyclic) bond motifs is 2. The van der Waals surface area contributed by atoms with Crippen molar-refractivity contribution in [2.75, 3.05) is 0 Å². The van der Waals surface area contributed by atoms with Gasteiger partial charge in [0.25, 0.3) is 0 Å². The molecule has 2 bridgehead atoms. The average Bonchev–Trinajstić information content (AvgIpc) is 3.50. The summed E-state index contributed by atoms with van der Waals surface area (Å²) in [5.41, 5.74) is 2.89. The van der Waals surface area contributed by atoms with Gasteiger partial charge in [-0.1, -0.05) is 82.5 Å². The number of ether oxygens (including phenoxy) is 2. The van der Waals surface area contributed by atoms with Crippen LogP contribution in [-0.4, -0.2) is 12.4 Å². The molecule has 2 fully saturated rings. The van der Waals surface area contributed by atoms with Crippen molar-refractivity contribution in [1.82, 2.24) is 0 Å². The minimum Gasteiger partial charge on any atom is -0.464 e. The van der Waals surface area contributed by atoms with Crippen LogP contribution in [0.15, 0.2) is 79.4 Å². The molecular weight excluding hydrogens is 428 g/mol. The van der Waals surface area contributed by atoms with Gasteiger partial charge in [-0.05, 0) is 98.0 Å². The maximum Gasteiger partial charge on any atom is 0.213 e. The zero-order valence-corrected chi connectivity index (χ0v) is 22.2. The number of benzene rings is 2. The molecule has 0 saturated heterocycles. The first-order valence-corrected chi connectivity index (χ1v) is 13.6. The van der Waals surface area contributed by atoms with E-state index in [2.05, 4.69) is 89.4 Å². The first-order valence-electron chi connectivity index (χ1n) is 13.6. The Hall–Kier alpha value is -2.32. The van der Waals surface area contributed by atoms with Gasteiger partial charge in [-0.25, -0.2) is 0 Å². The van der Waals surface area contributed by atoms with E-state index in [1.165, 1.54) is 31.2 Å². The Morgan fingerprint density at radius 2 is 1.77 bits per heavy atom. The van der Waals surface area contributed by atoms with Gasteiger partial charge in [-0.15, -0.1) is 0 Å². The molecule has 0 N–H and O–H groups in total. The zero-order chi connectivity index (χ0) is 25.0. The van der Waals surface area contributed by atoms with Crippen molar-refractivity contribution < 1.29 is 9.47 Å². The highest BCUT2D eigenvalue weighted by atomic mass is 16.7. The molecule has 0 spiro atoms. The molecule has 6 atom stereocenters. The molecule has 2 nitrogen and oxygen atoms in total. The summed E-state index contributed by atoms with van der Waals surface area (Å²) in [7, 11) is 0. The first kappa shape index (κ1) is 25.8. The molecule has 2 saturated carbocycles. The van der Waals surface area contributed by atoms with Crippen LogP contribution < -0.4 is 4.74 Å². The SMILES string of the molecule is C=CC(=C)C(C)(c1ccccc1)C(Oc1ccc(C(CC)CC(C)C)cc1)OC1CC2CCC1C2. The Balaban J connectivity index is 1.64. The fourth-order valence-corrected chi connectivity index (χ4v) is 6.31. The molecule has 2 heteroatoms. The van der Waals surface area contributed by atoms with Gasteiger partial charge in [0.1, 0.15) is 5.75 Å². The van der Waals surface area contributed by atoms with Crippen LogP contribution in [0, 0.1) is 17.8 Å². The Morgan fingerprint density at radius 3 is 2.31 bits per heavy atom. The molecule has 2 aromatic rings. The molecule has 188 valence electrons. The van der Waals surface area contributed by atoms with Crippen LogP contribution in [0.4, 0.5) is 0 Å². The lowest BCUT2D eigenvalue weighted by atomic mass is 9.75. The van der Waals surface area contributed by atoms with Crippen molar-refractivity contribution in [3.8, 4) is 5.75 Å². The summed E-state index contributed by atoms with van der Waals surface area (Å²) in [6, 6.07) is 19.2. The smallest absolute Gasteiger partial charge is 0.213 e. The van der Waals surface area contributed by atoms with Gasteiger partial charge in [0, 0.05) is 0 Å². The molecule has 0 heterocycles. The molecule has 0 aromatic heterocycles. The third-order valence-electron chi connectivity index (χ3n) is 8.57. The summed E-state index contributed by atoms with van der Waals surface area (Å²) in [6.45, 7) is 17.5. The molecule has 2 aliphatic rings. The van der Waals surface area contributed by atoms with Crippen molar-refractivity contribution in [1.29, 1.82) is 0 Å². The summed E-state index contributed by atoms with van der Waals surface area (Å²) in [5.74, 6) is 3.57. The van der Waals surface area contributed by atoms with E-state index in [1.54, 1.807) is 0 Å². The summed E-state index contributed by atoms with van der Waals surface area (Å²) in [4.78, 5) is 0. The molecule has 35 heavy (non-hydrogen) atoms. The minimum atomic E-state index is -0.549. The number of hydrogen-bond donors (Lipinski definition) is 0. The van der Waals surface area contributed by atoms with Gasteiger partial charge >= 0.3 is 0 Å². The molecule has 0 aliphatic heterocycles. The van der Waals surface area contributed by atoms with Crippen molar-refractivity contribution in [3.05, 3.63) is 90.5 Å². The molecule has 0 radical (unpaired) electrons. The van der Waals surface area contributed by atoms with Crippen LogP contribution in [0.25, 0.3) is 0 Å². The third-order valence-corrected chi connectivity index (χ3v) is 8.57. The van der Waals surface area contributed by atoms with Crippen LogP contribution in [0.1, 0.15) is 83.3 Å². The van der Waals surface area contributed by atoms with Crippen molar-refractivity contribution in [2.45, 2.75) is 89.9 Å². The van der Waals surface area contributed by atoms with Crippen LogP contribution in [0.5, 0.6) is 5.75 Å². The lowest BCUT2D eigenvalue weighted by molar-refractivity contribution is -0.160. The van der Waals surface area contributed by atoms with Crippen molar-refractivity contribution in [2.24, 2.45) is 17.8 Å². The molecule has 0 amide bonds. The van der Waals surface area contributed by atoms with E-state index >= 15 is 0 Å². The minimum absolute atomic E-state index is 0.245. The molecular formula is C33H44O2. The van der Waals surface area contributed by atoms with Gasteiger partial charge in [0.2, 0.25) is 6.29 Å². The number of rotatable bonds is 12. The maximum atomic E-state index is 6.91. The summed E-state index contributed by atoms with van der Waals surface area (Å²) >= 11 is 0. The second kappa shape index (κ2) is 11.2. The van der Waals surface area contributed by atoms with Crippen molar-refractivity contribution >= 4 is 0 Å². The molecule has 4 rings (SSSR count). The fraction of sp³-hybridized carbons (Fsp3) is 0.515. The highest BCUT2D eigenvalue weighted by Crippen LogP contribution is 2.48. The van der Waals surface area contributed by atoms with Gasteiger partial charge in [0.05, 0.1) is 11.5 Å². The van der Waals surface area contributed by atoms with E-state index in [4.69, 9.17) is 9.47 Å². The largest absolute Gasteiger partial charge is 0.464 e. The van der Waals surface area contributed by atoms with Gasteiger partial charge < -0.3 is 9.47 Å². The highest BCUT2D eigenvalue weighted by Gasteiger charge is 2.47. The van der Waals surface area contributed by atoms with E-state index < -0.39 is 11.7 Å². The van der Waals surface area contributed by atoms with E-state index in [-0.39, 0.29) is 6.10 Å². The number of hydrogen-bond acceptors (Lipinski definition) is 2. The van der Waals surface area contributed by atoms with E-state index in [9.17, 15) is 0 Å². The third kappa shape index (κ3) is 5.59. The Labute approximate surface area is 213 Å². The predicted molar refractivity (Wildman–Crippen MR) is 147 cm³/mol. The van der Waals surface area contributed by atoms with Crippen LogP contribution >= 0.6 is 0 Å². The van der Waals surface area contributed by atoms with Gasteiger partial charge in [0.15, 0.2) is 0 Å². The zero-order valence-electron chi connectivity index (χ0n) is 22.2. The monoisotopic (exact) mass is 472 g/mol. The summed E-state index contributed by atoms with van der Waals surface area (Å²) in [6.07, 6.45) is 9.04. The average molecular weight is 473 g/mol. The second-order valence-electron chi connectivity index (χ2n) is 11.4. The predicted octanol–water partition coefficient (Wildman–Crippen LogP) is 8.84. The Bertz CT molecular complexity index is 976. The molecule has 2 aromatic carbocycles. The topological polar surface area (TPSA) is 18.5 Å². The fourth-order valence-electron chi connectivity index (χ4n) is 6.31. The maximum absolute atomic E-state index is 6.91. The van der Waals surface area contributed by atoms with Gasteiger partial charge in [-0.3, -0.25) is 0 Å². The lowest BCUT2D eigenvalue weighted by Crippen LogP contribution is -2.46. The Morgan fingerprint density at radius 1 is 1.06 bits per heavy atom. The van der Waals surface area contributed by atoms with Crippen molar-refractivity contribution in [3.63, 3.8) is 0 Å². The standard InChI is InChI=1S/C33H44O2/c1-7-24(5)33(6,29-12-10-9-11-13-29)32(35-31-22-25-14-15-28(31)21-25)34-30-18-16-27(17-19-30)26(8-2)20-23(3)4/h7,9-13,16-19,23,25-26,28,31-32H,1,5,8,14-15,20-22H2,2-4,6H3. The Kier molecular flexibility index (Phi) is 8.22. The quantitative estimate of drug-likeness (QED) is 0.227. The molecule has 2 aliphatic carbocycles. The summed E-state index contributed by atoms with van der Waals surface area (Å²) in [5, 5.41) is 0. The second-order valence-corrected chi connectivity index (χ2v) is 11.4. The lowest BCUT2D eigenvalue weighted by Gasteiger charge is -2.41. The molecule has 6 unspecified atom stereocenters. The summed E-state index contributed by atoms with van der Waals surface area (Å²) < 4.78 is 13.7.